The third-order valence-electron chi connectivity index (χ3n) is 4.61. The fourth-order valence-corrected chi connectivity index (χ4v) is 3.05. The average Bonchev–Trinajstić information content (AvgIpc) is 2.56. The van der Waals surface area contributed by atoms with E-state index in [9.17, 15) is 15.4 Å². The van der Waals surface area contributed by atoms with E-state index in [2.05, 4.69) is 36.0 Å². The third-order valence-corrected chi connectivity index (χ3v) is 4.61. The third kappa shape index (κ3) is 4.43. The van der Waals surface area contributed by atoms with Gasteiger partial charge in [0.15, 0.2) is 0 Å². The fraction of sp³-hybridized carbons (Fsp3) is 0.588. The van der Waals surface area contributed by atoms with Gasteiger partial charge in [-0.15, -0.1) is 0 Å². The number of rotatable bonds is 6. The van der Waals surface area contributed by atoms with Crippen LogP contribution in [0.1, 0.15) is 19.4 Å². The zero-order chi connectivity index (χ0) is 17.7. The summed E-state index contributed by atoms with van der Waals surface area (Å²) in [5.41, 5.74) is 0.907. The second-order valence-corrected chi connectivity index (χ2v) is 6.63. The fourth-order valence-electron chi connectivity index (χ4n) is 3.05. The van der Waals surface area contributed by atoms with Gasteiger partial charge in [-0.3, -0.25) is 15.0 Å². The second-order valence-electron chi connectivity index (χ2n) is 6.63. The molecule has 1 atom stereocenters. The highest BCUT2D eigenvalue weighted by Crippen LogP contribution is 2.22. The Kier molecular flexibility index (Phi) is 6.12. The molecule has 2 rings (SSSR count). The molecule has 0 unspecified atom stereocenters. The van der Waals surface area contributed by atoms with Crippen LogP contribution in [-0.4, -0.2) is 60.5 Å². The van der Waals surface area contributed by atoms with Crippen molar-refractivity contribution in [2.75, 3.05) is 45.1 Å². The van der Waals surface area contributed by atoms with Gasteiger partial charge in [-0.1, -0.05) is 13.8 Å². The average molecular weight is 331 g/mol. The number of hydrogen-bond donors (Lipinski definition) is 1. The van der Waals surface area contributed by atoms with Gasteiger partial charge < -0.3 is 10.2 Å². The first-order valence-electron chi connectivity index (χ1n) is 8.27. The molecule has 0 bridgehead atoms. The van der Waals surface area contributed by atoms with Gasteiger partial charge in [-0.2, -0.15) is 5.26 Å². The smallest absolute Gasteiger partial charge is 0.270 e. The Hall–Kier alpha value is -2.17. The summed E-state index contributed by atoms with van der Waals surface area (Å²) in [5.74, 6) is 0.476. The lowest BCUT2D eigenvalue weighted by molar-refractivity contribution is -0.384. The van der Waals surface area contributed by atoms with E-state index in [1.54, 1.807) is 6.07 Å². The van der Waals surface area contributed by atoms with E-state index in [0.717, 1.165) is 26.2 Å². The number of non-ortho nitro benzene ring substituents is 1. The van der Waals surface area contributed by atoms with Crippen LogP contribution >= 0.6 is 0 Å². The molecule has 1 heterocycles. The van der Waals surface area contributed by atoms with E-state index in [4.69, 9.17) is 0 Å². The van der Waals surface area contributed by atoms with E-state index in [-0.39, 0.29) is 5.69 Å². The van der Waals surface area contributed by atoms with Gasteiger partial charge in [0.1, 0.15) is 6.07 Å². The van der Waals surface area contributed by atoms with Crippen LogP contribution in [0, 0.1) is 27.4 Å². The largest absolute Gasteiger partial charge is 0.382 e. The van der Waals surface area contributed by atoms with Gasteiger partial charge in [0.2, 0.25) is 0 Å². The molecule has 0 radical (unpaired) electrons. The first kappa shape index (κ1) is 18.2. The molecule has 7 heteroatoms. The van der Waals surface area contributed by atoms with Gasteiger partial charge in [0.05, 0.1) is 16.2 Å². The van der Waals surface area contributed by atoms with Crippen molar-refractivity contribution < 1.29 is 4.92 Å². The minimum absolute atomic E-state index is 0.0587. The highest BCUT2D eigenvalue weighted by molar-refractivity contribution is 5.61. The maximum Gasteiger partial charge on any atom is 0.270 e. The lowest BCUT2D eigenvalue weighted by Gasteiger charge is -2.40. The SMILES string of the molecule is CC(C)[C@@H](CNc1ccc([N+](=O)[O-])cc1C#N)N1CCN(C)CC1. The molecule has 1 aromatic rings. The summed E-state index contributed by atoms with van der Waals surface area (Å²) in [6.45, 7) is 9.30. The summed E-state index contributed by atoms with van der Waals surface area (Å²) in [5, 5.41) is 23.4. The molecule has 0 spiro atoms. The molecule has 1 aliphatic rings. The predicted octanol–water partition coefficient (Wildman–Crippen LogP) is 2.15. The van der Waals surface area contributed by atoms with Crippen molar-refractivity contribution in [2.45, 2.75) is 19.9 Å². The number of hydrogen-bond acceptors (Lipinski definition) is 6. The van der Waals surface area contributed by atoms with Crippen molar-refractivity contribution >= 4 is 11.4 Å². The van der Waals surface area contributed by atoms with E-state index in [1.165, 1.54) is 12.1 Å². The maximum atomic E-state index is 10.8. The van der Waals surface area contributed by atoms with Crippen LogP contribution in [-0.2, 0) is 0 Å². The normalized spacial score (nSPS) is 17.5. The Balaban J connectivity index is 2.07. The molecule has 130 valence electrons. The number of benzene rings is 1. The molecule has 1 aromatic carbocycles. The van der Waals surface area contributed by atoms with Crippen LogP contribution in [0.25, 0.3) is 0 Å². The molecule has 1 fully saturated rings. The molecule has 7 nitrogen and oxygen atoms in total. The molecular formula is C17H25N5O2. The van der Waals surface area contributed by atoms with Gasteiger partial charge in [0, 0.05) is 50.9 Å². The zero-order valence-electron chi connectivity index (χ0n) is 14.5. The Bertz CT molecular complexity index is 618. The summed E-state index contributed by atoms with van der Waals surface area (Å²) in [4.78, 5) is 15.2. The van der Waals surface area contributed by atoms with Crippen LogP contribution in [0.2, 0.25) is 0 Å². The number of nitro benzene ring substituents is 1. The van der Waals surface area contributed by atoms with Crippen molar-refractivity contribution in [1.82, 2.24) is 9.80 Å². The molecule has 0 amide bonds. The molecular weight excluding hydrogens is 306 g/mol. The summed E-state index contributed by atoms with van der Waals surface area (Å²) < 4.78 is 0. The first-order chi connectivity index (χ1) is 11.4. The number of likely N-dealkylation sites (N-methyl/N-ethyl adjacent to an activating group) is 1. The van der Waals surface area contributed by atoms with Crippen LogP contribution in [0.15, 0.2) is 18.2 Å². The van der Waals surface area contributed by atoms with Crippen molar-refractivity contribution in [3.63, 3.8) is 0 Å². The molecule has 0 aliphatic carbocycles. The second kappa shape index (κ2) is 8.08. The van der Waals surface area contributed by atoms with E-state index in [0.29, 0.717) is 29.8 Å². The number of nitrogens with zero attached hydrogens (tertiary/aromatic N) is 4. The van der Waals surface area contributed by atoms with Crippen LogP contribution < -0.4 is 5.32 Å². The Labute approximate surface area is 143 Å². The Morgan fingerprint density at radius 1 is 1.33 bits per heavy atom. The lowest BCUT2D eigenvalue weighted by atomic mass is 10.0. The van der Waals surface area contributed by atoms with Gasteiger partial charge in [-0.25, -0.2) is 0 Å². The minimum Gasteiger partial charge on any atom is -0.382 e. The summed E-state index contributed by atoms with van der Waals surface area (Å²) >= 11 is 0. The van der Waals surface area contributed by atoms with Gasteiger partial charge in [-0.05, 0) is 19.0 Å². The molecule has 1 aliphatic heterocycles. The monoisotopic (exact) mass is 331 g/mol. The Morgan fingerprint density at radius 3 is 2.54 bits per heavy atom. The summed E-state index contributed by atoms with van der Waals surface area (Å²) in [7, 11) is 2.13. The van der Waals surface area contributed by atoms with Crippen LogP contribution in [0.5, 0.6) is 0 Å². The van der Waals surface area contributed by atoms with E-state index < -0.39 is 4.92 Å². The summed E-state index contributed by atoms with van der Waals surface area (Å²) in [6.07, 6.45) is 0. The van der Waals surface area contributed by atoms with Crippen molar-refractivity contribution in [3.05, 3.63) is 33.9 Å². The predicted molar refractivity (Wildman–Crippen MR) is 94.0 cm³/mol. The number of piperazine rings is 1. The molecule has 1 N–H and O–H groups in total. The zero-order valence-corrected chi connectivity index (χ0v) is 14.5. The standard InChI is InChI=1S/C17H25N5O2/c1-13(2)17(21-8-6-20(3)7-9-21)12-19-16-5-4-15(22(23)24)10-14(16)11-18/h4-5,10,13,17,19H,6-9,12H2,1-3H3/t17-/m1/s1. The highest BCUT2D eigenvalue weighted by Gasteiger charge is 2.25. The Morgan fingerprint density at radius 2 is 2.00 bits per heavy atom. The lowest BCUT2D eigenvalue weighted by Crippen LogP contribution is -2.52. The number of nitriles is 1. The number of nitro groups is 1. The van der Waals surface area contributed by atoms with Crippen LogP contribution in [0.4, 0.5) is 11.4 Å². The highest BCUT2D eigenvalue weighted by atomic mass is 16.6. The van der Waals surface area contributed by atoms with Gasteiger partial charge in [0.25, 0.3) is 5.69 Å². The first-order valence-corrected chi connectivity index (χ1v) is 8.27. The van der Waals surface area contributed by atoms with E-state index in [1.807, 2.05) is 6.07 Å². The number of nitrogens with one attached hydrogen (secondary N) is 1. The minimum atomic E-state index is -0.480. The quantitative estimate of drug-likeness (QED) is 0.635. The topological polar surface area (TPSA) is 85.4 Å². The van der Waals surface area contributed by atoms with Crippen LogP contribution in [0.3, 0.4) is 0 Å². The van der Waals surface area contributed by atoms with E-state index >= 15 is 0 Å². The molecule has 1 saturated heterocycles. The van der Waals surface area contributed by atoms with Gasteiger partial charge >= 0.3 is 0 Å². The number of anilines is 1. The molecule has 24 heavy (non-hydrogen) atoms. The maximum absolute atomic E-state index is 10.8. The van der Waals surface area contributed by atoms with Crippen molar-refractivity contribution in [1.29, 1.82) is 5.26 Å². The van der Waals surface area contributed by atoms with Crippen molar-refractivity contribution in [3.8, 4) is 6.07 Å². The molecule has 0 aromatic heterocycles. The molecule has 0 saturated carbocycles. The van der Waals surface area contributed by atoms with Crippen molar-refractivity contribution in [2.24, 2.45) is 5.92 Å². The summed E-state index contributed by atoms with van der Waals surface area (Å²) in [6, 6.07) is 6.78.